The Morgan fingerprint density at radius 3 is 3.03 bits per heavy atom. The Hall–Kier alpha value is -2.99. The first kappa shape index (κ1) is 18.8. The largest absolute Gasteiger partial charge is 0.493 e. The maximum atomic E-state index is 13.8. The molecule has 0 radical (unpaired) electrons. The molecule has 3 aromatic rings. The third-order valence-corrected chi connectivity index (χ3v) is 6.82. The number of aromatic nitrogens is 1. The van der Waals surface area contributed by atoms with E-state index in [-0.39, 0.29) is 11.9 Å². The molecule has 3 aliphatic heterocycles. The van der Waals surface area contributed by atoms with Crippen molar-refractivity contribution in [3.8, 4) is 17.2 Å². The van der Waals surface area contributed by atoms with Crippen LogP contribution in [0.4, 0.5) is 4.39 Å². The van der Waals surface area contributed by atoms with Gasteiger partial charge in [0.25, 0.3) is 0 Å². The lowest BCUT2D eigenvalue weighted by molar-refractivity contribution is 0.0447. The second-order valence-electron chi connectivity index (χ2n) is 8.62. The average Bonchev–Trinajstić information content (AvgIpc) is 3.29. The molecular formula is C25H25FN2O3. The Labute approximate surface area is 180 Å². The van der Waals surface area contributed by atoms with Crippen molar-refractivity contribution in [2.75, 3.05) is 20.3 Å². The lowest BCUT2D eigenvalue weighted by Gasteiger charge is -2.37. The maximum Gasteiger partial charge on any atom is 0.204 e. The number of methoxy groups -OCH3 is 1. The maximum absolute atomic E-state index is 13.8. The van der Waals surface area contributed by atoms with Gasteiger partial charge in [-0.25, -0.2) is 4.39 Å². The SMILES string of the molecule is COc1cccc2c1O[C@@H](CN1C3C=C(c4c[nH]c5ccc(F)cc45)CC1CC3)CO2. The van der Waals surface area contributed by atoms with E-state index in [0.29, 0.717) is 30.2 Å². The van der Waals surface area contributed by atoms with Crippen LogP contribution in [0.3, 0.4) is 0 Å². The average molecular weight is 420 g/mol. The Bertz CT molecular complexity index is 1160. The van der Waals surface area contributed by atoms with Gasteiger partial charge in [-0.15, -0.1) is 0 Å². The summed E-state index contributed by atoms with van der Waals surface area (Å²) in [5.74, 6) is 1.95. The summed E-state index contributed by atoms with van der Waals surface area (Å²) in [6, 6.07) is 11.5. The first-order valence-corrected chi connectivity index (χ1v) is 10.9. The third-order valence-electron chi connectivity index (χ3n) is 6.82. The molecule has 0 aliphatic carbocycles. The summed E-state index contributed by atoms with van der Waals surface area (Å²) in [6.45, 7) is 1.35. The van der Waals surface area contributed by atoms with Crippen LogP contribution in [0.5, 0.6) is 17.2 Å². The van der Waals surface area contributed by atoms with E-state index in [1.54, 1.807) is 13.2 Å². The van der Waals surface area contributed by atoms with Crippen LogP contribution in [-0.4, -0.2) is 48.3 Å². The highest BCUT2D eigenvalue weighted by molar-refractivity contribution is 5.93. The normalized spacial score (nSPS) is 25.0. The highest BCUT2D eigenvalue weighted by Crippen LogP contribution is 2.43. The second kappa shape index (κ2) is 7.31. The zero-order chi connectivity index (χ0) is 20.9. The van der Waals surface area contributed by atoms with E-state index < -0.39 is 0 Å². The Morgan fingerprint density at radius 2 is 2.16 bits per heavy atom. The number of hydrogen-bond acceptors (Lipinski definition) is 4. The van der Waals surface area contributed by atoms with Crippen molar-refractivity contribution >= 4 is 16.5 Å². The van der Waals surface area contributed by atoms with Crippen LogP contribution < -0.4 is 14.2 Å². The highest BCUT2D eigenvalue weighted by Gasteiger charge is 2.39. The topological polar surface area (TPSA) is 46.7 Å². The monoisotopic (exact) mass is 420 g/mol. The van der Waals surface area contributed by atoms with E-state index in [1.165, 1.54) is 11.6 Å². The molecule has 4 heterocycles. The zero-order valence-electron chi connectivity index (χ0n) is 17.4. The number of ether oxygens (including phenoxy) is 3. The highest BCUT2D eigenvalue weighted by atomic mass is 19.1. The van der Waals surface area contributed by atoms with Crippen molar-refractivity contribution < 1.29 is 18.6 Å². The van der Waals surface area contributed by atoms with Crippen molar-refractivity contribution in [3.05, 3.63) is 60.1 Å². The van der Waals surface area contributed by atoms with E-state index in [2.05, 4.69) is 16.0 Å². The summed E-state index contributed by atoms with van der Waals surface area (Å²) in [7, 11) is 1.65. The number of nitrogens with zero attached hydrogens (tertiary/aromatic N) is 1. The van der Waals surface area contributed by atoms with Gasteiger partial charge >= 0.3 is 0 Å². The summed E-state index contributed by atoms with van der Waals surface area (Å²) in [5, 5.41) is 0.965. The molecule has 2 aromatic carbocycles. The number of para-hydroxylation sites is 1. The minimum Gasteiger partial charge on any atom is -0.493 e. The molecule has 2 bridgehead atoms. The van der Waals surface area contributed by atoms with E-state index in [0.717, 1.165) is 48.0 Å². The van der Waals surface area contributed by atoms with Gasteiger partial charge in [-0.05, 0) is 55.2 Å². The molecule has 1 saturated heterocycles. The van der Waals surface area contributed by atoms with Crippen molar-refractivity contribution in [1.29, 1.82) is 0 Å². The molecule has 1 fully saturated rings. The Balaban J connectivity index is 1.23. The minimum absolute atomic E-state index is 0.0379. The van der Waals surface area contributed by atoms with Gasteiger partial charge in [-0.2, -0.15) is 0 Å². The fourth-order valence-electron chi connectivity index (χ4n) is 5.36. The number of rotatable bonds is 4. The van der Waals surface area contributed by atoms with Crippen LogP contribution in [0.1, 0.15) is 24.8 Å². The van der Waals surface area contributed by atoms with Crippen LogP contribution in [-0.2, 0) is 0 Å². The zero-order valence-corrected chi connectivity index (χ0v) is 17.4. The molecule has 0 amide bonds. The molecule has 160 valence electrons. The van der Waals surface area contributed by atoms with Crippen LogP contribution in [0.25, 0.3) is 16.5 Å². The van der Waals surface area contributed by atoms with Gasteiger partial charge in [0, 0.05) is 41.3 Å². The summed E-state index contributed by atoms with van der Waals surface area (Å²) < 4.78 is 31.5. The molecule has 5 nitrogen and oxygen atoms in total. The van der Waals surface area contributed by atoms with Gasteiger partial charge in [0.05, 0.1) is 7.11 Å². The number of halogens is 1. The predicted molar refractivity (Wildman–Crippen MR) is 117 cm³/mol. The van der Waals surface area contributed by atoms with E-state index in [4.69, 9.17) is 14.2 Å². The lowest BCUT2D eigenvalue weighted by atomic mass is 9.94. The van der Waals surface area contributed by atoms with Crippen molar-refractivity contribution in [2.45, 2.75) is 37.5 Å². The molecule has 2 unspecified atom stereocenters. The van der Waals surface area contributed by atoms with Gasteiger partial charge in [0.15, 0.2) is 11.5 Å². The Morgan fingerprint density at radius 1 is 1.23 bits per heavy atom. The van der Waals surface area contributed by atoms with Crippen molar-refractivity contribution in [3.63, 3.8) is 0 Å². The predicted octanol–water partition coefficient (Wildman–Crippen LogP) is 4.78. The molecule has 0 saturated carbocycles. The number of fused-ring (bicyclic) bond motifs is 4. The molecule has 6 rings (SSSR count). The molecule has 6 heteroatoms. The molecule has 31 heavy (non-hydrogen) atoms. The van der Waals surface area contributed by atoms with Crippen LogP contribution in [0.15, 0.2) is 48.7 Å². The fraction of sp³-hybridized carbons (Fsp3) is 0.360. The first-order chi connectivity index (χ1) is 15.2. The summed E-state index contributed by atoms with van der Waals surface area (Å²) in [6.07, 6.45) is 7.62. The molecule has 1 N–H and O–H groups in total. The minimum atomic E-state index is -0.195. The number of benzene rings is 2. The number of hydrogen-bond donors (Lipinski definition) is 1. The number of H-pyrrole nitrogens is 1. The third kappa shape index (κ3) is 3.17. The number of nitrogens with one attached hydrogen (secondary N) is 1. The molecule has 3 aliphatic rings. The van der Waals surface area contributed by atoms with E-state index in [1.807, 2.05) is 30.5 Å². The molecule has 1 aromatic heterocycles. The quantitative estimate of drug-likeness (QED) is 0.660. The smallest absolute Gasteiger partial charge is 0.204 e. The number of aromatic amines is 1. The van der Waals surface area contributed by atoms with E-state index >= 15 is 0 Å². The van der Waals surface area contributed by atoms with Gasteiger partial charge in [0.2, 0.25) is 5.75 Å². The molecule has 0 spiro atoms. The van der Waals surface area contributed by atoms with Crippen LogP contribution in [0.2, 0.25) is 0 Å². The molecular weight excluding hydrogens is 395 g/mol. The van der Waals surface area contributed by atoms with Crippen LogP contribution in [0, 0.1) is 5.82 Å². The summed E-state index contributed by atoms with van der Waals surface area (Å²) in [5.41, 5.74) is 3.42. The summed E-state index contributed by atoms with van der Waals surface area (Å²) in [4.78, 5) is 5.84. The first-order valence-electron chi connectivity index (χ1n) is 10.9. The van der Waals surface area contributed by atoms with E-state index in [9.17, 15) is 4.39 Å². The van der Waals surface area contributed by atoms with Crippen LogP contribution >= 0.6 is 0 Å². The molecule has 3 atom stereocenters. The summed E-state index contributed by atoms with van der Waals surface area (Å²) >= 11 is 0. The van der Waals surface area contributed by atoms with Crippen molar-refractivity contribution in [2.24, 2.45) is 0 Å². The fourth-order valence-corrected chi connectivity index (χ4v) is 5.36. The van der Waals surface area contributed by atoms with Gasteiger partial charge in [0.1, 0.15) is 18.5 Å². The van der Waals surface area contributed by atoms with Gasteiger partial charge < -0.3 is 19.2 Å². The van der Waals surface area contributed by atoms with Crippen molar-refractivity contribution in [1.82, 2.24) is 9.88 Å². The second-order valence-corrected chi connectivity index (χ2v) is 8.62. The Kier molecular flexibility index (Phi) is 4.42. The standard InChI is InChI=1S/C25H25FN2O3/c1-29-23-3-2-4-24-25(23)31-19(14-30-24)13-28-17-6-7-18(28)10-15(9-17)21-12-27-22-8-5-16(26)11-20(21)22/h2-5,8-9,11-12,17-19,27H,6-7,10,13-14H2,1H3/t17?,18?,19-/m0/s1. The van der Waals surface area contributed by atoms with Gasteiger partial charge in [-0.1, -0.05) is 12.1 Å². The van der Waals surface area contributed by atoms with Gasteiger partial charge in [-0.3, -0.25) is 4.90 Å². The lowest BCUT2D eigenvalue weighted by Crippen LogP contribution is -2.47.